The molecule has 0 spiro atoms. The van der Waals surface area contributed by atoms with E-state index in [0.717, 1.165) is 51.3 Å². The summed E-state index contributed by atoms with van der Waals surface area (Å²) in [6, 6.07) is 8.10. The molecule has 1 aliphatic heterocycles. The van der Waals surface area contributed by atoms with E-state index < -0.39 is 0 Å². The third-order valence-electron chi connectivity index (χ3n) is 4.42. The molecule has 0 saturated carbocycles. The summed E-state index contributed by atoms with van der Waals surface area (Å²) in [5, 5.41) is 0. The van der Waals surface area contributed by atoms with E-state index in [1.54, 1.807) is 0 Å². The molecule has 24 heavy (non-hydrogen) atoms. The van der Waals surface area contributed by atoms with Crippen molar-refractivity contribution in [2.24, 2.45) is 5.92 Å². The van der Waals surface area contributed by atoms with Crippen LogP contribution in [-0.2, 0) is 4.79 Å². The molecule has 1 heterocycles. The maximum Gasteiger partial charge on any atom is 0.222 e. The van der Waals surface area contributed by atoms with Gasteiger partial charge in [0.05, 0.1) is 6.61 Å². The number of carbonyl (C=O) groups is 1. The monoisotopic (exact) mass is 332 g/mol. The molecule has 1 aromatic carbocycles. The SMILES string of the molecule is Cc1ccc(OCCCCC(=O)N2CCN(CC(C)C)CC2)cc1. The Morgan fingerprint density at radius 2 is 1.75 bits per heavy atom. The zero-order valence-corrected chi connectivity index (χ0v) is 15.5. The van der Waals surface area contributed by atoms with Crippen molar-refractivity contribution in [3.8, 4) is 5.75 Å². The fraction of sp³-hybridized carbons (Fsp3) is 0.650. The minimum atomic E-state index is 0.300. The van der Waals surface area contributed by atoms with Gasteiger partial charge in [-0.05, 0) is 37.8 Å². The largest absolute Gasteiger partial charge is 0.494 e. The normalized spacial score (nSPS) is 15.8. The third kappa shape index (κ3) is 6.52. The quantitative estimate of drug-likeness (QED) is 0.685. The van der Waals surface area contributed by atoms with E-state index >= 15 is 0 Å². The molecule has 2 rings (SSSR count). The van der Waals surface area contributed by atoms with E-state index in [0.29, 0.717) is 24.9 Å². The van der Waals surface area contributed by atoms with Crippen molar-refractivity contribution < 1.29 is 9.53 Å². The average molecular weight is 332 g/mol. The molecule has 134 valence electrons. The van der Waals surface area contributed by atoms with Gasteiger partial charge in [-0.1, -0.05) is 31.5 Å². The molecular formula is C20H32N2O2. The molecule has 1 aliphatic rings. The molecule has 1 fully saturated rings. The fourth-order valence-corrected chi connectivity index (χ4v) is 3.06. The highest BCUT2D eigenvalue weighted by Gasteiger charge is 2.20. The summed E-state index contributed by atoms with van der Waals surface area (Å²) in [6.45, 7) is 12.2. The van der Waals surface area contributed by atoms with Crippen molar-refractivity contribution in [3.63, 3.8) is 0 Å². The smallest absolute Gasteiger partial charge is 0.222 e. The molecule has 0 bridgehead atoms. The second-order valence-corrected chi connectivity index (χ2v) is 7.19. The molecule has 0 atom stereocenters. The van der Waals surface area contributed by atoms with Crippen LogP contribution in [0.25, 0.3) is 0 Å². The average Bonchev–Trinajstić information content (AvgIpc) is 2.56. The van der Waals surface area contributed by atoms with Gasteiger partial charge in [0.1, 0.15) is 5.75 Å². The highest BCUT2D eigenvalue weighted by atomic mass is 16.5. The van der Waals surface area contributed by atoms with E-state index in [4.69, 9.17) is 4.74 Å². The second kappa shape index (κ2) is 9.67. The topological polar surface area (TPSA) is 32.8 Å². The van der Waals surface area contributed by atoms with Crippen LogP contribution in [0.3, 0.4) is 0 Å². The summed E-state index contributed by atoms with van der Waals surface area (Å²) in [6.07, 6.45) is 2.46. The van der Waals surface area contributed by atoms with E-state index in [2.05, 4.69) is 37.8 Å². The Balaban J connectivity index is 1.56. The summed E-state index contributed by atoms with van der Waals surface area (Å²) in [5.74, 6) is 1.91. The highest BCUT2D eigenvalue weighted by molar-refractivity contribution is 5.76. The lowest BCUT2D eigenvalue weighted by Gasteiger charge is -2.35. The van der Waals surface area contributed by atoms with E-state index in [9.17, 15) is 4.79 Å². The Morgan fingerprint density at radius 1 is 1.08 bits per heavy atom. The van der Waals surface area contributed by atoms with Crippen LogP contribution in [0, 0.1) is 12.8 Å². The molecule has 0 N–H and O–H groups in total. The number of benzene rings is 1. The predicted molar refractivity (Wildman–Crippen MR) is 98.4 cm³/mol. The van der Waals surface area contributed by atoms with Crippen molar-refractivity contribution in [1.82, 2.24) is 9.80 Å². The van der Waals surface area contributed by atoms with E-state index in [1.807, 2.05) is 17.0 Å². The number of hydrogen-bond donors (Lipinski definition) is 0. The number of aryl methyl sites for hydroxylation is 1. The first-order valence-corrected chi connectivity index (χ1v) is 9.24. The molecule has 1 saturated heterocycles. The van der Waals surface area contributed by atoms with Gasteiger partial charge in [-0.2, -0.15) is 0 Å². The van der Waals surface area contributed by atoms with Crippen LogP contribution in [0.4, 0.5) is 0 Å². The van der Waals surface area contributed by atoms with Gasteiger partial charge >= 0.3 is 0 Å². The van der Waals surface area contributed by atoms with Crippen LogP contribution in [0.5, 0.6) is 5.75 Å². The van der Waals surface area contributed by atoms with Crippen LogP contribution < -0.4 is 4.74 Å². The molecule has 0 radical (unpaired) electrons. The van der Waals surface area contributed by atoms with Crippen molar-refractivity contribution in [2.75, 3.05) is 39.3 Å². The maximum atomic E-state index is 12.3. The van der Waals surface area contributed by atoms with Crippen molar-refractivity contribution in [1.29, 1.82) is 0 Å². The summed E-state index contributed by atoms with van der Waals surface area (Å²) in [5.41, 5.74) is 1.24. The Morgan fingerprint density at radius 3 is 2.38 bits per heavy atom. The Bertz CT molecular complexity index is 491. The third-order valence-corrected chi connectivity index (χ3v) is 4.42. The van der Waals surface area contributed by atoms with Gasteiger partial charge in [0, 0.05) is 39.1 Å². The van der Waals surface area contributed by atoms with Crippen LogP contribution in [0.2, 0.25) is 0 Å². The summed E-state index contributed by atoms with van der Waals surface area (Å²) in [7, 11) is 0. The van der Waals surface area contributed by atoms with Gasteiger partial charge in [0.2, 0.25) is 5.91 Å². The molecular weight excluding hydrogens is 300 g/mol. The lowest BCUT2D eigenvalue weighted by Crippen LogP contribution is -2.49. The Labute approximate surface area is 146 Å². The fourth-order valence-electron chi connectivity index (χ4n) is 3.06. The second-order valence-electron chi connectivity index (χ2n) is 7.19. The zero-order chi connectivity index (χ0) is 17.4. The maximum absolute atomic E-state index is 12.3. The minimum Gasteiger partial charge on any atom is -0.494 e. The molecule has 4 heteroatoms. The van der Waals surface area contributed by atoms with Crippen molar-refractivity contribution in [3.05, 3.63) is 29.8 Å². The summed E-state index contributed by atoms with van der Waals surface area (Å²) >= 11 is 0. The molecule has 4 nitrogen and oxygen atoms in total. The zero-order valence-electron chi connectivity index (χ0n) is 15.5. The lowest BCUT2D eigenvalue weighted by atomic mass is 10.1. The van der Waals surface area contributed by atoms with Crippen molar-refractivity contribution in [2.45, 2.75) is 40.0 Å². The lowest BCUT2D eigenvalue weighted by molar-refractivity contribution is -0.133. The minimum absolute atomic E-state index is 0.300. The summed E-state index contributed by atoms with van der Waals surface area (Å²) in [4.78, 5) is 16.8. The number of unbranched alkanes of at least 4 members (excludes halogenated alkanes) is 1. The van der Waals surface area contributed by atoms with Gasteiger partial charge in [-0.25, -0.2) is 0 Å². The van der Waals surface area contributed by atoms with E-state index in [1.165, 1.54) is 5.56 Å². The van der Waals surface area contributed by atoms with Gasteiger partial charge in [0.25, 0.3) is 0 Å². The first kappa shape index (κ1) is 18.8. The van der Waals surface area contributed by atoms with Crippen LogP contribution in [0.15, 0.2) is 24.3 Å². The number of carbonyl (C=O) groups excluding carboxylic acids is 1. The first-order chi connectivity index (χ1) is 11.5. The Hall–Kier alpha value is -1.55. The number of ether oxygens (including phenoxy) is 1. The number of nitrogens with zero attached hydrogens (tertiary/aromatic N) is 2. The van der Waals surface area contributed by atoms with Crippen LogP contribution >= 0.6 is 0 Å². The molecule has 0 unspecified atom stereocenters. The van der Waals surface area contributed by atoms with Gasteiger partial charge in [0.15, 0.2) is 0 Å². The number of rotatable bonds is 8. The first-order valence-electron chi connectivity index (χ1n) is 9.24. The Kier molecular flexibility index (Phi) is 7.57. The highest BCUT2D eigenvalue weighted by Crippen LogP contribution is 2.13. The predicted octanol–water partition coefficient (Wildman–Crippen LogP) is 3.34. The van der Waals surface area contributed by atoms with Gasteiger partial charge < -0.3 is 9.64 Å². The molecule has 0 aromatic heterocycles. The van der Waals surface area contributed by atoms with E-state index in [-0.39, 0.29) is 0 Å². The molecule has 1 amide bonds. The van der Waals surface area contributed by atoms with Gasteiger partial charge in [-0.3, -0.25) is 9.69 Å². The number of piperazine rings is 1. The summed E-state index contributed by atoms with van der Waals surface area (Å²) < 4.78 is 5.71. The van der Waals surface area contributed by atoms with Crippen LogP contribution in [-0.4, -0.2) is 55.0 Å². The molecule has 0 aliphatic carbocycles. The van der Waals surface area contributed by atoms with Gasteiger partial charge in [-0.15, -0.1) is 0 Å². The van der Waals surface area contributed by atoms with Crippen molar-refractivity contribution >= 4 is 5.91 Å². The van der Waals surface area contributed by atoms with Crippen LogP contribution in [0.1, 0.15) is 38.7 Å². The number of hydrogen-bond acceptors (Lipinski definition) is 3. The molecule has 1 aromatic rings. The number of amides is 1. The standard InChI is InChI=1S/C20H32N2O2/c1-17(2)16-21-11-13-22(14-12-21)20(23)6-4-5-15-24-19-9-7-18(3)8-10-19/h7-10,17H,4-6,11-16H2,1-3H3.